The van der Waals surface area contributed by atoms with E-state index in [1.807, 2.05) is 13.0 Å². The van der Waals surface area contributed by atoms with Crippen molar-refractivity contribution in [1.29, 1.82) is 0 Å². The van der Waals surface area contributed by atoms with Crippen LogP contribution in [0.5, 0.6) is 11.6 Å². The zero-order chi connectivity index (χ0) is 19.3. The molecule has 0 atom stereocenters. The maximum absolute atomic E-state index is 13.1. The van der Waals surface area contributed by atoms with Crippen LogP contribution in [-0.4, -0.2) is 34.3 Å². The fraction of sp³-hybridized carbons (Fsp3) is 0.316. The Morgan fingerprint density at radius 1 is 1.42 bits per heavy atom. The third-order valence-electron chi connectivity index (χ3n) is 3.83. The molecule has 7 nitrogen and oxygen atoms in total. The van der Waals surface area contributed by atoms with Crippen LogP contribution in [-0.2, 0) is 11.2 Å². The summed E-state index contributed by atoms with van der Waals surface area (Å²) in [5.74, 6) is -0.808. The fourth-order valence-electron chi connectivity index (χ4n) is 2.65. The third-order valence-corrected chi connectivity index (χ3v) is 3.83. The summed E-state index contributed by atoms with van der Waals surface area (Å²) in [5.41, 5.74) is 0.0211. The van der Waals surface area contributed by atoms with E-state index < -0.39 is 23.0 Å². The number of nitrogens with zero attached hydrogens (tertiary/aromatic N) is 2. The molecule has 1 aromatic carbocycles. The molecule has 0 saturated heterocycles. The van der Waals surface area contributed by atoms with Gasteiger partial charge >= 0.3 is 5.97 Å². The Kier molecular flexibility index (Phi) is 6.16. The Morgan fingerprint density at radius 2 is 2.15 bits per heavy atom. The van der Waals surface area contributed by atoms with Crippen LogP contribution in [0.1, 0.15) is 35.1 Å². The number of allylic oxidation sites excluding steroid dienone is 1. The molecule has 0 aliphatic carbocycles. The molecule has 0 fully saturated rings. The first-order valence-electron chi connectivity index (χ1n) is 8.23. The number of aromatic nitrogens is 2. The van der Waals surface area contributed by atoms with E-state index in [1.165, 1.54) is 11.7 Å². The molecule has 7 heteroatoms. The maximum Gasteiger partial charge on any atom is 0.349 e. The third kappa shape index (κ3) is 3.61. The van der Waals surface area contributed by atoms with Gasteiger partial charge in [0, 0.05) is 6.42 Å². The molecule has 0 unspecified atom stereocenters. The van der Waals surface area contributed by atoms with E-state index in [9.17, 15) is 14.7 Å². The predicted octanol–water partition coefficient (Wildman–Crippen LogP) is 2.55. The van der Waals surface area contributed by atoms with Gasteiger partial charge in [0.2, 0.25) is 5.88 Å². The minimum atomic E-state index is -0.918. The normalized spacial score (nSPS) is 10.4. The second kappa shape index (κ2) is 8.33. The molecule has 1 aromatic heterocycles. The fourth-order valence-corrected chi connectivity index (χ4v) is 2.65. The van der Waals surface area contributed by atoms with Gasteiger partial charge in [-0.15, -0.1) is 6.58 Å². The summed E-state index contributed by atoms with van der Waals surface area (Å²) >= 11 is 0. The Balaban J connectivity index is 2.85. The summed E-state index contributed by atoms with van der Waals surface area (Å²) in [6, 6.07) is 5.33. The number of hydrogen-bond acceptors (Lipinski definition) is 6. The number of aryl methyl sites for hydroxylation is 2. The lowest BCUT2D eigenvalue weighted by atomic mass is 10.1. The van der Waals surface area contributed by atoms with E-state index >= 15 is 0 Å². The van der Waals surface area contributed by atoms with Crippen LogP contribution in [0.2, 0.25) is 0 Å². The summed E-state index contributed by atoms with van der Waals surface area (Å²) in [4.78, 5) is 29.3. The van der Waals surface area contributed by atoms with Gasteiger partial charge in [-0.1, -0.05) is 18.2 Å². The van der Waals surface area contributed by atoms with Gasteiger partial charge in [-0.3, -0.25) is 9.36 Å². The SMILES string of the molecule is C=CCCc1nc(O)c(C(=O)OCC)c(=O)n1-c1c(C)cccc1OC. The quantitative estimate of drug-likeness (QED) is 0.604. The van der Waals surface area contributed by atoms with Crippen molar-refractivity contribution in [2.75, 3.05) is 13.7 Å². The predicted molar refractivity (Wildman–Crippen MR) is 97.3 cm³/mol. The number of para-hydroxylation sites is 1. The first-order chi connectivity index (χ1) is 12.5. The molecular weight excluding hydrogens is 336 g/mol. The van der Waals surface area contributed by atoms with Gasteiger partial charge in [-0.2, -0.15) is 4.98 Å². The molecule has 0 saturated carbocycles. The Morgan fingerprint density at radius 3 is 2.77 bits per heavy atom. The number of hydrogen-bond donors (Lipinski definition) is 1. The van der Waals surface area contributed by atoms with Crippen molar-refractivity contribution in [2.45, 2.75) is 26.7 Å². The standard InChI is InChI=1S/C19H22N2O5/c1-5-7-11-14-20-17(22)15(19(24)26-6-2)18(23)21(14)16-12(3)9-8-10-13(16)25-4/h5,8-10,22H,1,6-7,11H2,2-4H3. The van der Waals surface area contributed by atoms with Crippen molar-refractivity contribution >= 4 is 5.97 Å². The highest BCUT2D eigenvalue weighted by Gasteiger charge is 2.25. The van der Waals surface area contributed by atoms with Crippen LogP contribution in [0.4, 0.5) is 0 Å². The highest BCUT2D eigenvalue weighted by Crippen LogP contribution is 2.27. The molecule has 2 aromatic rings. The number of carbonyl (C=O) groups is 1. The number of ether oxygens (including phenoxy) is 2. The van der Waals surface area contributed by atoms with Gasteiger partial charge in [0.15, 0.2) is 5.56 Å². The number of esters is 1. The van der Waals surface area contributed by atoms with Gasteiger partial charge in [0.05, 0.1) is 19.4 Å². The smallest absolute Gasteiger partial charge is 0.349 e. The van der Waals surface area contributed by atoms with Crippen LogP contribution in [0.3, 0.4) is 0 Å². The molecule has 1 heterocycles. The van der Waals surface area contributed by atoms with Crippen molar-refractivity contribution in [2.24, 2.45) is 0 Å². The maximum atomic E-state index is 13.1. The highest BCUT2D eigenvalue weighted by atomic mass is 16.5. The number of rotatable bonds is 7. The number of benzene rings is 1. The van der Waals surface area contributed by atoms with Crippen LogP contribution in [0.25, 0.3) is 5.69 Å². The van der Waals surface area contributed by atoms with Crippen molar-refractivity contribution in [1.82, 2.24) is 9.55 Å². The van der Waals surface area contributed by atoms with Crippen molar-refractivity contribution < 1.29 is 19.4 Å². The molecule has 0 amide bonds. The van der Waals surface area contributed by atoms with Crippen LogP contribution in [0, 0.1) is 6.92 Å². The molecule has 0 aliphatic rings. The Hall–Kier alpha value is -3.09. The van der Waals surface area contributed by atoms with Crippen LogP contribution < -0.4 is 10.3 Å². The van der Waals surface area contributed by atoms with Gasteiger partial charge < -0.3 is 14.6 Å². The molecule has 0 aliphatic heterocycles. The van der Waals surface area contributed by atoms with Crippen LogP contribution >= 0.6 is 0 Å². The lowest BCUT2D eigenvalue weighted by Gasteiger charge is -2.18. The summed E-state index contributed by atoms with van der Waals surface area (Å²) in [5, 5.41) is 10.2. The van der Waals surface area contributed by atoms with E-state index in [-0.39, 0.29) is 6.61 Å². The summed E-state index contributed by atoms with van der Waals surface area (Å²) < 4.78 is 11.6. The molecule has 0 spiro atoms. The topological polar surface area (TPSA) is 90.7 Å². The van der Waals surface area contributed by atoms with Gasteiger partial charge in [0.1, 0.15) is 11.6 Å². The largest absolute Gasteiger partial charge is 0.495 e. The highest BCUT2D eigenvalue weighted by molar-refractivity contribution is 5.91. The number of aromatic hydroxyl groups is 1. The zero-order valence-electron chi connectivity index (χ0n) is 15.1. The van der Waals surface area contributed by atoms with Gasteiger partial charge in [-0.05, 0) is 31.9 Å². The van der Waals surface area contributed by atoms with Gasteiger partial charge in [0.25, 0.3) is 5.56 Å². The molecule has 138 valence electrons. The van der Waals surface area contributed by atoms with E-state index in [0.717, 1.165) is 5.56 Å². The summed E-state index contributed by atoms with van der Waals surface area (Å²) in [6.07, 6.45) is 2.58. The first kappa shape index (κ1) is 19.2. The molecule has 26 heavy (non-hydrogen) atoms. The van der Waals surface area contributed by atoms with Crippen LogP contribution in [0.15, 0.2) is 35.6 Å². The molecule has 2 rings (SSSR count). The monoisotopic (exact) mass is 358 g/mol. The average Bonchev–Trinajstić information content (AvgIpc) is 2.60. The minimum Gasteiger partial charge on any atom is -0.495 e. The van der Waals surface area contributed by atoms with E-state index in [2.05, 4.69) is 11.6 Å². The first-order valence-corrected chi connectivity index (χ1v) is 8.23. The Labute approximate surface area is 151 Å². The lowest BCUT2D eigenvalue weighted by molar-refractivity contribution is 0.0519. The molecule has 0 radical (unpaired) electrons. The van der Waals surface area contributed by atoms with Gasteiger partial charge in [-0.25, -0.2) is 4.79 Å². The second-order valence-electron chi connectivity index (χ2n) is 5.54. The number of carbonyl (C=O) groups excluding carboxylic acids is 1. The van der Waals surface area contributed by atoms with E-state index in [1.54, 1.807) is 25.1 Å². The molecule has 1 N–H and O–H groups in total. The molecule has 0 bridgehead atoms. The van der Waals surface area contributed by atoms with E-state index in [0.29, 0.717) is 30.1 Å². The molecular formula is C19H22N2O5. The van der Waals surface area contributed by atoms with Crippen molar-refractivity contribution in [3.05, 3.63) is 58.2 Å². The Bertz CT molecular complexity index is 886. The zero-order valence-corrected chi connectivity index (χ0v) is 15.1. The number of methoxy groups -OCH3 is 1. The second-order valence-corrected chi connectivity index (χ2v) is 5.54. The summed E-state index contributed by atoms with van der Waals surface area (Å²) in [6.45, 7) is 7.17. The van der Waals surface area contributed by atoms with Crippen molar-refractivity contribution in [3.8, 4) is 17.3 Å². The summed E-state index contributed by atoms with van der Waals surface area (Å²) in [7, 11) is 1.49. The average molecular weight is 358 g/mol. The van der Waals surface area contributed by atoms with Crippen molar-refractivity contribution in [3.63, 3.8) is 0 Å². The van der Waals surface area contributed by atoms with E-state index in [4.69, 9.17) is 9.47 Å². The lowest BCUT2D eigenvalue weighted by Crippen LogP contribution is -2.31. The minimum absolute atomic E-state index is 0.0730.